The molecule has 0 aliphatic carbocycles. The molecular formula is C14H21NOS. The zero-order valence-electron chi connectivity index (χ0n) is 11.0. The molecule has 1 rings (SSSR count). The number of hydrogen-bond donors (Lipinski definition) is 1. The van der Waals surface area contributed by atoms with Crippen molar-refractivity contribution in [3.8, 4) is 0 Å². The maximum atomic E-state index is 11.7. The van der Waals surface area contributed by atoms with E-state index in [-0.39, 0.29) is 11.9 Å². The molecule has 0 bridgehead atoms. The average molecular weight is 251 g/mol. The van der Waals surface area contributed by atoms with Crippen molar-refractivity contribution < 1.29 is 4.79 Å². The summed E-state index contributed by atoms with van der Waals surface area (Å²) < 4.78 is 0. The topological polar surface area (TPSA) is 29.1 Å². The number of thioether (sulfide) groups is 1. The van der Waals surface area contributed by atoms with Gasteiger partial charge in [0.05, 0.1) is 5.75 Å². The van der Waals surface area contributed by atoms with Gasteiger partial charge in [-0.3, -0.25) is 4.79 Å². The maximum absolute atomic E-state index is 11.7. The molecule has 1 aromatic rings. The minimum Gasteiger partial charge on any atom is -0.353 e. The van der Waals surface area contributed by atoms with Crippen molar-refractivity contribution in [1.29, 1.82) is 0 Å². The molecule has 1 atom stereocenters. The Morgan fingerprint density at radius 3 is 2.53 bits per heavy atom. The summed E-state index contributed by atoms with van der Waals surface area (Å²) in [7, 11) is 0. The second-order valence-electron chi connectivity index (χ2n) is 4.65. The molecule has 0 saturated carbocycles. The summed E-state index contributed by atoms with van der Waals surface area (Å²) in [5, 5.41) is 3.01. The van der Waals surface area contributed by atoms with Gasteiger partial charge in [-0.1, -0.05) is 32.0 Å². The van der Waals surface area contributed by atoms with Crippen LogP contribution in [0.4, 0.5) is 0 Å². The van der Waals surface area contributed by atoms with E-state index in [2.05, 4.69) is 38.2 Å². The van der Waals surface area contributed by atoms with Crippen LogP contribution >= 0.6 is 11.8 Å². The Hall–Kier alpha value is -0.960. The lowest BCUT2D eigenvalue weighted by Gasteiger charge is -2.17. The summed E-state index contributed by atoms with van der Waals surface area (Å²) in [6.07, 6.45) is 0. The van der Waals surface area contributed by atoms with Crippen molar-refractivity contribution in [2.24, 2.45) is 5.92 Å². The quantitative estimate of drug-likeness (QED) is 0.814. The van der Waals surface area contributed by atoms with E-state index in [1.165, 1.54) is 10.5 Å². The van der Waals surface area contributed by atoms with Crippen LogP contribution in [0, 0.1) is 12.8 Å². The number of carbonyl (C=O) groups is 1. The third-order valence-electron chi connectivity index (χ3n) is 2.84. The van der Waals surface area contributed by atoms with Crippen molar-refractivity contribution >= 4 is 17.7 Å². The average Bonchev–Trinajstić information content (AvgIpc) is 2.27. The van der Waals surface area contributed by atoms with Crippen LogP contribution < -0.4 is 5.32 Å². The summed E-state index contributed by atoms with van der Waals surface area (Å²) >= 11 is 1.60. The SMILES string of the molecule is Cc1ccccc1SCC(=O)NC(C)C(C)C. The van der Waals surface area contributed by atoms with E-state index in [1.54, 1.807) is 11.8 Å². The molecule has 0 heterocycles. The van der Waals surface area contributed by atoms with E-state index in [4.69, 9.17) is 0 Å². The van der Waals surface area contributed by atoms with Crippen molar-refractivity contribution in [1.82, 2.24) is 5.32 Å². The first-order valence-corrected chi connectivity index (χ1v) is 6.97. The smallest absolute Gasteiger partial charge is 0.230 e. The first-order valence-electron chi connectivity index (χ1n) is 5.98. The first kappa shape index (κ1) is 14.1. The van der Waals surface area contributed by atoms with E-state index in [1.807, 2.05) is 19.1 Å². The summed E-state index contributed by atoms with van der Waals surface area (Å²) in [5.41, 5.74) is 1.22. The Kier molecular flexibility index (Phi) is 5.56. The number of rotatable bonds is 5. The zero-order chi connectivity index (χ0) is 12.8. The number of aryl methyl sites for hydroxylation is 1. The Labute approximate surface area is 108 Å². The third-order valence-corrected chi connectivity index (χ3v) is 4.02. The summed E-state index contributed by atoms with van der Waals surface area (Å²) in [6, 6.07) is 8.38. The number of amides is 1. The molecule has 0 fully saturated rings. The number of nitrogens with one attached hydrogen (secondary N) is 1. The van der Waals surface area contributed by atoms with Gasteiger partial charge < -0.3 is 5.32 Å². The normalized spacial score (nSPS) is 12.5. The molecule has 1 amide bonds. The Morgan fingerprint density at radius 1 is 1.29 bits per heavy atom. The van der Waals surface area contributed by atoms with Gasteiger partial charge >= 0.3 is 0 Å². The highest BCUT2D eigenvalue weighted by Gasteiger charge is 2.11. The minimum atomic E-state index is 0.111. The molecule has 0 spiro atoms. The van der Waals surface area contributed by atoms with Crippen LogP contribution in [0.2, 0.25) is 0 Å². The molecular weight excluding hydrogens is 230 g/mol. The monoisotopic (exact) mass is 251 g/mol. The van der Waals surface area contributed by atoms with Gasteiger partial charge in [-0.2, -0.15) is 0 Å². The van der Waals surface area contributed by atoms with Crippen LogP contribution in [0.3, 0.4) is 0 Å². The Balaban J connectivity index is 2.41. The van der Waals surface area contributed by atoms with E-state index in [0.717, 1.165) is 0 Å². The predicted octanol–water partition coefficient (Wildman–Crippen LogP) is 3.25. The Bertz CT molecular complexity index is 376. The van der Waals surface area contributed by atoms with Gasteiger partial charge in [0.25, 0.3) is 0 Å². The van der Waals surface area contributed by atoms with Crippen LogP contribution in [0.25, 0.3) is 0 Å². The minimum absolute atomic E-state index is 0.111. The van der Waals surface area contributed by atoms with Crippen LogP contribution in [-0.4, -0.2) is 17.7 Å². The number of hydrogen-bond acceptors (Lipinski definition) is 2. The molecule has 0 saturated heterocycles. The van der Waals surface area contributed by atoms with Crippen molar-refractivity contribution in [2.45, 2.75) is 38.6 Å². The van der Waals surface area contributed by atoms with Crippen molar-refractivity contribution in [3.63, 3.8) is 0 Å². The van der Waals surface area contributed by atoms with E-state index in [9.17, 15) is 4.79 Å². The van der Waals surface area contributed by atoms with Crippen LogP contribution in [-0.2, 0) is 4.79 Å². The van der Waals surface area contributed by atoms with E-state index in [0.29, 0.717) is 11.7 Å². The fourth-order valence-electron chi connectivity index (χ4n) is 1.32. The van der Waals surface area contributed by atoms with Crippen LogP contribution in [0.15, 0.2) is 29.2 Å². The summed E-state index contributed by atoms with van der Waals surface area (Å²) in [6.45, 7) is 8.33. The molecule has 0 aromatic heterocycles. The van der Waals surface area contributed by atoms with Gasteiger partial charge in [0.2, 0.25) is 5.91 Å². The van der Waals surface area contributed by atoms with Gasteiger partial charge in [0.15, 0.2) is 0 Å². The molecule has 94 valence electrons. The highest BCUT2D eigenvalue weighted by molar-refractivity contribution is 8.00. The van der Waals surface area contributed by atoms with Crippen LogP contribution in [0.1, 0.15) is 26.3 Å². The van der Waals surface area contributed by atoms with Crippen molar-refractivity contribution in [3.05, 3.63) is 29.8 Å². The predicted molar refractivity (Wildman–Crippen MR) is 74.3 cm³/mol. The fraction of sp³-hybridized carbons (Fsp3) is 0.500. The summed E-state index contributed by atoms with van der Waals surface area (Å²) in [4.78, 5) is 12.9. The van der Waals surface area contributed by atoms with Gasteiger partial charge in [-0.15, -0.1) is 11.8 Å². The third kappa shape index (κ3) is 4.82. The Morgan fingerprint density at radius 2 is 1.94 bits per heavy atom. The molecule has 0 aliphatic heterocycles. The molecule has 3 heteroatoms. The maximum Gasteiger partial charge on any atom is 0.230 e. The molecule has 17 heavy (non-hydrogen) atoms. The molecule has 0 radical (unpaired) electrons. The lowest BCUT2D eigenvalue weighted by molar-refractivity contribution is -0.119. The highest BCUT2D eigenvalue weighted by Crippen LogP contribution is 2.21. The molecule has 0 aliphatic rings. The number of benzene rings is 1. The van der Waals surface area contributed by atoms with E-state index < -0.39 is 0 Å². The lowest BCUT2D eigenvalue weighted by atomic mass is 10.1. The molecule has 1 aromatic carbocycles. The van der Waals surface area contributed by atoms with Gasteiger partial charge in [-0.05, 0) is 31.4 Å². The summed E-state index contributed by atoms with van der Waals surface area (Å²) in [5.74, 6) is 1.07. The standard InChI is InChI=1S/C14H21NOS/c1-10(2)12(4)15-14(16)9-17-13-8-6-5-7-11(13)3/h5-8,10,12H,9H2,1-4H3,(H,15,16). The lowest BCUT2D eigenvalue weighted by Crippen LogP contribution is -2.37. The van der Waals surface area contributed by atoms with Gasteiger partial charge in [0.1, 0.15) is 0 Å². The highest BCUT2D eigenvalue weighted by atomic mass is 32.2. The van der Waals surface area contributed by atoms with Crippen molar-refractivity contribution in [2.75, 3.05) is 5.75 Å². The molecule has 1 N–H and O–H groups in total. The second kappa shape index (κ2) is 6.70. The fourth-order valence-corrected chi connectivity index (χ4v) is 2.16. The van der Waals surface area contributed by atoms with E-state index >= 15 is 0 Å². The molecule has 2 nitrogen and oxygen atoms in total. The largest absolute Gasteiger partial charge is 0.353 e. The second-order valence-corrected chi connectivity index (χ2v) is 5.67. The number of carbonyl (C=O) groups excluding carboxylic acids is 1. The first-order chi connectivity index (χ1) is 8.00. The molecule has 1 unspecified atom stereocenters. The van der Waals surface area contributed by atoms with Gasteiger partial charge in [0, 0.05) is 10.9 Å². The zero-order valence-corrected chi connectivity index (χ0v) is 11.8. The van der Waals surface area contributed by atoms with Crippen LogP contribution in [0.5, 0.6) is 0 Å². The van der Waals surface area contributed by atoms with Gasteiger partial charge in [-0.25, -0.2) is 0 Å².